The van der Waals surface area contributed by atoms with E-state index >= 15 is 0 Å². The number of fused-ring (bicyclic) bond motifs is 40. The lowest BCUT2D eigenvalue weighted by atomic mass is 9.83. The van der Waals surface area contributed by atoms with Gasteiger partial charge < -0.3 is 28.9 Å². The predicted molar refractivity (Wildman–Crippen MR) is 255 cm³/mol. The molecule has 16 bridgehead atoms. The molecule has 10 aliphatic rings. The molecule has 0 spiro atoms. The Labute approximate surface area is 386 Å². The number of H-pyrrole nitrogens is 2. The van der Waals surface area contributed by atoms with Gasteiger partial charge in [-0.05, 0) is 138 Å². The Balaban J connectivity index is 1.01. The Hall–Kier alpha value is -8.00. The van der Waals surface area contributed by atoms with Crippen LogP contribution in [0.15, 0.2) is 146 Å². The van der Waals surface area contributed by atoms with E-state index in [2.05, 4.69) is 111 Å². The first-order chi connectivity index (χ1) is 32.9. The van der Waals surface area contributed by atoms with Gasteiger partial charge in [0.15, 0.2) is 23.3 Å². The lowest BCUT2D eigenvalue weighted by Crippen LogP contribution is -2.03. The zero-order valence-electron chi connectivity index (χ0n) is 36.2. The topological polar surface area (TPSA) is 146 Å². The van der Waals surface area contributed by atoms with Crippen LogP contribution in [0, 0.1) is 0 Å². The second kappa shape index (κ2) is 11.4. The summed E-state index contributed by atoms with van der Waals surface area (Å²) in [5.74, 6) is 1.95. The molecule has 13 heterocycles. The van der Waals surface area contributed by atoms with Crippen LogP contribution in [0.5, 0.6) is 0 Å². The van der Waals surface area contributed by atoms with Gasteiger partial charge in [0, 0.05) is 43.8 Å². The number of aromatic nitrogens is 8. The Kier molecular flexibility index (Phi) is 6.06. The molecule has 0 aliphatic carbocycles. The standard InChI is InChI=1S/C56H34N8O4/c1-17-18(2)42-26-10-34-33(9-25(26)41(17)65-42)49-57-50(34)62-52-37-13-29-30(46-22(6)21(5)45(29)67-46)14-38(37)54(59-52)64-56-40-16-32-31(47-23(7)24(8)48(32)68-47)15-39(40)55(60-56)63-53-36-12-28-27(11-35(36)51(58-53)61-49)43-19(3)20(4)44(28)66-43/h9-16,41-48H,1-8H2,(H2,57,58,59,60,61,62,63,64). The van der Waals surface area contributed by atoms with Gasteiger partial charge >= 0.3 is 0 Å². The van der Waals surface area contributed by atoms with Gasteiger partial charge in [-0.1, -0.05) is 52.6 Å². The summed E-state index contributed by atoms with van der Waals surface area (Å²) in [4.78, 5) is 39.5. The van der Waals surface area contributed by atoms with Gasteiger partial charge in [0.2, 0.25) is 0 Å². The Morgan fingerprint density at radius 2 is 0.471 bits per heavy atom. The maximum Gasteiger partial charge on any atom is 0.164 e. The highest BCUT2D eigenvalue weighted by Gasteiger charge is 2.48. The van der Waals surface area contributed by atoms with Gasteiger partial charge in [-0.2, -0.15) is 0 Å². The molecule has 2 N–H and O–H groups in total. The quantitative estimate of drug-likeness (QED) is 0.151. The van der Waals surface area contributed by atoms with Crippen molar-refractivity contribution in [3.63, 3.8) is 0 Å². The van der Waals surface area contributed by atoms with Crippen molar-refractivity contribution in [1.29, 1.82) is 0 Å². The van der Waals surface area contributed by atoms with Gasteiger partial charge in [-0.25, -0.2) is 29.9 Å². The van der Waals surface area contributed by atoms with E-state index in [1.165, 1.54) is 0 Å². The first kappa shape index (κ1) is 36.2. The molecular formula is C56H34N8O4. The Bertz CT molecular complexity index is 3650. The molecule has 0 amide bonds. The van der Waals surface area contributed by atoms with Crippen LogP contribution in [-0.2, 0) is 18.9 Å². The number of rotatable bonds is 0. The lowest BCUT2D eigenvalue weighted by Gasteiger charge is -2.17. The van der Waals surface area contributed by atoms with E-state index in [0.29, 0.717) is 45.9 Å². The van der Waals surface area contributed by atoms with Gasteiger partial charge in [0.1, 0.15) is 71.4 Å². The van der Waals surface area contributed by atoms with E-state index in [0.717, 1.165) is 133 Å². The Morgan fingerprint density at radius 1 is 0.279 bits per heavy atom. The first-order valence-electron chi connectivity index (χ1n) is 22.6. The van der Waals surface area contributed by atoms with Crippen molar-refractivity contribution in [2.75, 3.05) is 0 Å². The number of hydrogen-bond acceptors (Lipinski definition) is 10. The fourth-order valence-corrected chi connectivity index (χ4v) is 12.6. The summed E-state index contributed by atoms with van der Waals surface area (Å²) in [5, 5.41) is 3.39. The van der Waals surface area contributed by atoms with Crippen LogP contribution >= 0.6 is 0 Å². The van der Waals surface area contributed by atoms with E-state index in [4.69, 9.17) is 48.9 Å². The summed E-state index contributed by atoms with van der Waals surface area (Å²) in [7, 11) is 0. The molecule has 4 fully saturated rings. The summed E-state index contributed by atoms with van der Waals surface area (Å²) < 4.78 is 25.9. The van der Waals surface area contributed by atoms with E-state index in [9.17, 15) is 0 Å². The molecule has 8 unspecified atom stereocenters. The number of ether oxygens (including phenoxy) is 4. The first-order valence-corrected chi connectivity index (χ1v) is 22.6. The van der Waals surface area contributed by atoms with E-state index in [-0.39, 0.29) is 48.8 Å². The average molecular weight is 883 g/mol. The summed E-state index contributed by atoms with van der Waals surface area (Å²) in [5.41, 5.74) is 20.9. The van der Waals surface area contributed by atoms with Crippen LogP contribution < -0.4 is 0 Å². The molecule has 17 rings (SSSR count). The zero-order valence-corrected chi connectivity index (χ0v) is 36.2. The largest absolute Gasteiger partial charge is 0.356 e. The molecule has 0 radical (unpaired) electrons. The average Bonchev–Trinajstić information content (AvgIpc) is 4.22. The SMILES string of the molecule is C=C1C(=C)C2OC1c1cc3c(cc12)-c1nc-3nc2[nH]c(nc3nc(nc4[nH]c(n1)c1cc5c(cc41)C1OC5C(=C)C1=C)-c1cc4c(cc1-3)C1OC4C(=C)C1=C)c1cc3c(cc21)C1OC3C(=C)C1=C. The smallest absolute Gasteiger partial charge is 0.164 e. The van der Waals surface area contributed by atoms with Crippen molar-refractivity contribution in [2.45, 2.75) is 48.8 Å². The van der Waals surface area contributed by atoms with E-state index in [1.54, 1.807) is 0 Å². The third kappa shape index (κ3) is 4.04. The molecule has 7 aromatic rings. The number of aromatic amines is 2. The van der Waals surface area contributed by atoms with Crippen LogP contribution in [0.3, 0.4) is 0 Å². The third-order valence-electron chi connectivity index (χ3n) is 16.2. The highest BCUT2D eigenvalue weighted by atomic mass is 16.5. The molecule has 322 valence electrons. The maximum absolute atomic E-state index is 6.47. The van der Waals surface area contributed by atoms with Crippen LogP contribution in [0.4, 0.5) is 0 Å². The lowest BCUT2D eigenvalue weighted by molar-refractivity contribution is 0.0904. The number of nitrogens with zero attached hydrogens (tertiary/aromatic N) is 6. The fraction of sp³-hybridized carbons (Fsp3) is 0.143. The van der Waals surface area contributed by atoms with Crippen LogP contribution in [0.1, 0.15) is 93.3 Å². The van der Waals surface area contributed by atoms with E-state index in [1.807, 2.05) is 0 Å². The number of benzene rings is 4. The monoisotopic (exact) mass is 882 g/mol. The minimum atomic E-state index is -0.298. The van der Waals surface area contributed by atoms with Crippen molar-refractivity contribution >= 4 is 44.1 Å². The van der Waals surface area contributed by atoms with Crippen molar-refractivity contribution in [2.24, 2.45) is 0 Å². The van der Waals surface area contributed by atoms with Crippen LogP contribution in [0.2, 0.25) is 0 Å². The predicted octanol–water partition coefficient (Wildman–Crippen LogP) is 11.8. The molecule has 68 heavy (non-hydrogen) atoms. The minimum absolute atomic E-state index is 0.295. The van der Waals surface area contributed by atoms with Crippen molar-refractivity contribution in [3.8, 4) is 45.6 Å². The summed E-state index contributed by atoms with van der Waals surface area (Å²) in [6, 6.07) is 17.1. The van der Waals surface area contributed by atoms with Gasteiger partial charge in [0.25, 0.3) is 0 Å². The second-order valence-electron chi connectivity index (χ2n) is 19.5. The van der Waals surface area contributed by atoms with Crippen molar-refractivity contribution in [3.05, 3.63) is 190 Å². The van der Waals surface area contributed by atoms with Gasteiger partial charge in [0.05, 0.1) is 0 Å². The molecule has 12 heteroatoms. The van der Waals surface area contributed by atoms with Crippen molar-refractivity contribution < 1.29 is 18.9 Å². The summed E-state index contributed by atoms with van der Waals surface area (Å²) in [6.45, 7) is 34.7. The molecule has 8 atom stereocenters. The molecule has 0 saturated carbocycles. The zero-order chi connectivity index (χ0) is 45.2. The van der Waals surface area contributed by atoms with Gasteiger partial charge in [-0.3, -0.25) is 0 Å². The number of hydrogen-bond donors (Lipinski definition) is 2. The van der Waals surface area contributed by atoms with E-state index < -0.39 is 0 Å². The molecule has 12 nitrogen and oxygen atoms in total. The highest BCUT2D eigenvalue weighted by Crippen LogP contribution is 2.61. The molecule has 4 saturated heterocycles. The highest BCUT2D eigenvalue weighted by molar-refractivity contribution is 6.08. The molecular weight excluding hydrogens is 849 g/mol. The summed E-state index contributed by atoms with van der Waals surface area (Å²) >= 11 is 0. The second-order valence-corrected chi connectivity index (χ2v) is 19.5. The summed E-state index contributed by atoms with van der Waals surface area (Å²) in [6.07, 6.45) is -2.37. The third-order valence-corrected chi connectivity index (χ3v) is 16.2. The van der Waals surface area contributed by atoms with Crippen LogP contribution in [0.25, 0.3) is 89.7 Å². The normalized spacial score (nSPS) is 26.8. The minimum Gasteiger partial charge on any atom is -0.356 e. The van der Waals surface area contributed by atoms with Gasteiger partial charge in [-0.15, -0.1) is 0 Å². The molecule has 4 aromatic carbocycles. The number of nitrogens with one attached hydrogen (secondary N) is 2. The molecule has 10 aliphatic heterocycles. The fourth-order valence-electron chi connectivity index (χ4n) is 12.6. The molecule has 3 aromatic heterocycles. The van der Waals surface area contributed by atoms with Crippen LogP contribution in [-0.4, -0.2) is 39.9 Å². The Morgan fingerprint density at radius 3 is 0.676 bits per heavy atom. The maximum atomic E-state index is 6.47. The van der Waals surface area contributed by atoms with Crippen molar-refractivity contribution in [1.82, 2.24) is 39.9 Å².